The van der Waals surface area contributed by atoms with Gasteiger partial charge >= 0.3 is 0 Å². The van der Waals surface area contributed by atoms with Gasteiger partial charge in [-0.2, -0.15) is 0 Å². The second-order valence-electron chi connectivity index (χ2n) is 1.57. The van der Waals surface area contributed by atoms with E-state index in [2.05, 4.69) is 11.1 Å². The number of rotatable bonds is 1. The van der Waals surface area contributed by atoms with E-state index in [-0.39, 0.29) is 6.29 Å². The Labute approximate surface area is 96.8 Å². The first kappa shape index (κ1) is 29.4. The van der Waals surface area contributed by atoms with Crippen molar-refractivity contribution in [3.8, 4) is 0 Å². The number of aliphatic hydroxyl groups is 1. The Morgan fingerprint density at radius 1 is 1.31 bits per heavy atom. The van der Waals surface area contributed by atoms with Gasteiger partial charge < -0.3 is 32.2 Å². The lowest BCUT2D eigenvalue weighted by atomic mass is 10.9. The third-order valence-corrected chi connectivity index (χ3v) is 0.333. The van der Waals surface area contributed by atoms with Gasteiger partial charge in [0, 0.05) is 14.0 Å². The van der Waals surface area contributed by atoms with E-state index in [1.165, 1.54) is 14.0 Å². The van der Waals surface area contributed by atoms with Crippen molar-refractivity contribution in [2.24, 2.45) is 17.2 Å². The molecule has 0 saturated heterocycles. The Balaban J connectivity index is -0.0000000334. The van der Waals surface area contributed by atoms with Crippen molar-refractivity contribution in [3.05, 3.63) is 0 Å². The summed E-state index contributed by atoms with van der Waals surface area (Å²) in [5.41, 5.74) is 14.4. The molecule has 0 fully saturated rings. The highest BCUT2D eigenvalue weighted by Crippen LogP contribution is 1.42. The number of nitrogens with one attached hydrogen (secondary N) is 1. The molecule has 102 valence electrons. The van der Waals surface area contributed by atoms with Crippen LogP contribution in [-0.2, 0) is 9.59 Å². The highest BCUT2D eigenvalue weighted by Gasteiger charge is 1.76. The van der Waals surface area contributed by atoms with E-state index in [1.807, 2.05) is 0 Å². The fourth-order valence-corrected chi connectivity index (χ4v) is 0. The van der Waals surface area contributed by atoms with Crippen LogP contribution in [-0.4, -0.2) is 50.0 Å². The van der Waals surface area contributed by atoms with Crippen LogP contribution in [0.15, 0.2) is 0 Å². The molecule has 8 heteroatoms. The zero-order valence-electron chi connectivity index (χ0n) is 10.6. The summed E-state index contributed by atoms with van der Waals surface area (Å²) >= 11 is 0. The van der Waals surface area contributed by atoms with Gasteiger partial charge in [0.25, 0.3) is 5.97 Å². The highest BCUT2D eigenvalue weighted by atomic mass is 16.4. The Hall–Kier alpha value is -1.06. The molecule has 0 amide bonds. The molecule has 0 bridgehead atoms. The summed E-state index contributed by atoms with van der Waals surface area (Å²) in [6.45, 7) is 2.53. The standard InChI is InChI=1S/C2H9N3.C2H4O2.C2H4O.CH5N.CH4O/c1-5-2(3)4;1-2(3)4;1-2-3;2*1-2/h2,5H,3-4H2,1H3;1H3,(H,3,4);2H,1H3;2H2,1H3;2H,1H3. The lowest BCUT2D eigenvalue weighted by molar-refractivity contribution is -0.134. The fraction of sp³-hybridized carbons (Fsp3) is 0.750. The van der Waals surface area contributed by atoms with E-state index in [4.69, 9.17) is 31.3 Å². The number of aliphatic carboxylic acids is 1. The fourth-order valence-electron chi connectivity index (χ4n) is 0. The van der Waals surface area contributed by atoms with Crippen molar-refractivity contribution < 1.29 is 19.8 Å². The van der Waals surface area contributed by atoms with E-state index < -0.39 is 5.97 Å². The molecule has 0 aromatic carbocycles. The van der Waals surface area contributed by atoms with Crippen molar-refractivity contribution in [1.29, 1.82) is 0 Å². The van der Waals surface area contributed by atoms with Gasteiger partial charge in [-0.25, -0.2) is 0 Å². The summed E-state index contributed by atoms with van der Waals surface area (Å²) in [6, 6.07) is 0. The second-order valence-corrected chi connectivity index (χ2v) is 1.57. The smallest absolute Gasteiger partial charge is 0.300 e. The zero-order valence-corrected chi connectivity index (χ0v) is 10.6. The van der Waals surface area contributed by atoms with Crippen LogP contribution in [0.3, 0.4) is 0 Å². The summed E-state index contributed by atoms with van der Waals surface area (Å²) in [4.78, 5) is 17.8. The molecule has 0 radical (unpaired) electrons. The van der Waals surface area contributed by atoms with Gasteiger partial charge in [-0.3, -0.25) is 10.1 Å². The molecule has 0 rings (SSSR count). The third kappa shape index (κ3) is 2090. The lowest BCUT2D eigenvalue weighted by Gasteiger charge is -1.96. The van der Waals surface area contributed by atoms with E-state index in [0.717, 1.165) is 20.3 Å². The zero-order chi connectivity index (χ0) is 14.6. The summed E-state index contributed by atoms with van der Waals surface area (Å²) in [5, 5.41) is 17.0. The second kappa shape index (κ2) is 48.5. The molecule has 9 N–H and O–H groups in total. The summed E-state index contributed by atoms with van der Waals surface area (Å²) in [7, 11) is 4.20. The molecule has 0 atom stereocenters. The number of aldehydes is 1. The van der Waals surface area contributed by atoms with E-state index >= 15 is 0 Å². The predicted molar refractivity (Wildman–Crippen MR) is 64.5 cm³/mol. The maximum absolute atomic E-state index is 9.00. The summed E-state index contributed by atoms with van der Waals surface area (Å²) in [5.74, 6) is -0.833. The number of carbonyl (C=O) groups is 2. The van der Waals surface area contributed by atoms with Crippen LogP contribution in [0, 0.1) is 0 Å². The van der Waals surface area contributed by atoms with E-state index in [1.54, 1.807) is 7.05 Å². The van der Waals surface area contributed by atoms with Gasteiger partial charge in [0.1, 0.15) is 12.6 Å². The molecular formula is C8H26N4O4. The normalized spacial score (nSPS) is 6.12. The minimum absolute atomic E-state index is 0.366. The average molecular weight is 242 g/mol. The maximum atomic E-state index is 9.00. The first-order valence-electron chi connectivity index (χ1n) is 4.22. The average Bonchev–Trinajstić information content (AvgIpc) is 2.24. The molecule has 0 saturated carbocycles. The van der Waals surface area contributed by atoms with Crippen LogP contribution in [0.4, 0.5) is 0 Å². The van der Waals surface area contributed by atoms with E-state index in [0.29, 0.717) is 0 Å². The van der Waals surface area contributed by atoms with Crippen molar-refractivity contribution in [1.82, 2.24) is 5.32 Å². The maximum Gasteiger partial charge on any atom is 0.300 e. The molecule has 8 nitrogen and oxygen atoms in total. The number of carbonyl (C=O) groups excluding carboxylic acids is 1. The molecule has 0 aliphatic rings. The van der Waals surface area contributed by atoms with E-state index in [9.17, 15) is 0 Å². The SMILES string of the molecule is CC(=O)O.CC=O.CN.CNC(N)N.CO. The van der Waals surface area contributed by atoms with Crippen LogP contribution in [0.1, 0.15) is 13.8 Å². The molecule has 0 aromatic rings. The molecule has 0 aromatic heterocycles. The van der Waals surface area contributed by atoms with Crippen molar-refractivity contribution in [2.75, 3.05) is 21.2 Å². The molecule has 0 aliphatic carbocycles. The molecule has 0 aliphatic heterocycles. The van der Waals surface area contributed by atoms with Gasteiger partial charge in [-0.15, -0.1) is 0 Å². The summed E-state index contributed by atoms with van der Waals surface area (Å²) < 4.78 is 0. The minimum atomic E-state index is -0.833. The van der Waals surface area contributed by atoms with Crippen LogP contribution in [0.5, 0.6) is 0 Å². The van der Waals surface area contributed by atoms with Crippen molar-refractivity contribution >= 4 is 12.3 Å². The topological polar surface area (TPSA) is 165 Å². The largest absolute Gasteiger partial charge is 0.481 e. The van der Waals surface area contributed by atoms with Gasteiger partial charge in [0.05, 0.1) is 0 Å². The Morgan fingerprint density at radius 2 is 1.38 bits per heavy atom. The van der Waals surface area contributed by atoms with Gasteiger partial charge in [-0.1, -0.05) is 0 Å². The number of carboxylic acid groups (broad SMARTS) is 1. The molecular weight excluding hydrogens is 216 g/mol. The number of hydrogen-bond acceptors (Lipinski definition) is 7. The lowest BCUT2D eigenvalue weighted by Crippen LogP contribution is -2.42. The molecule has 16 heavy (non-hydrogen) atoms. The van der Waals surface area contributed by atoms with Crippen LogP contribution >= 0.6 is 0 Å². The molecule has 0 unspecified atom stereocenters. The van der Waals surface area contributed by atoms with Crippen LogP contribution < -0.4 is 22.5 Å². The Morgan fingerprint density at radius 3 is 1.38 bits per heavy atom. The van der Waals surface area contributed by atoms with Crippen LogP contribution in [0.25, 0.3) is 0 Å². The summed E-state index contributed by atoms with van der Waals surface area (Å²) in [6.07, 6.45) is 0.384. The number of aliphatic hydroxyl groups excluding tert-OH is 1. The Kier molecular flexibility index (Phi) is 89.0. The van der Waals surface area contributed by atoms with Gasteiger partial charge in [0.2, 0.25) is 0 Å². The van der Waals surface area contributed by atoms with Gasteiger partial charge in [0.15, 0.2) is 0 Å². The number of carboxylic acids is 1. The third-order valence-electron chi connectivity index (χ3n) is 0.333. The minimum Gasteiger partial charge on any atom is -0.481 e. The van der Waals surface area contributed by atoms with Crippen LogP contribution in [0.2, 0.25) is 0 Å². The molecule has 0 heterocycles. The predicted octanol–water partition coefficient (Wildman–Crippen LogP) is -2.11. The van der Waals surface area contributed by atoms with Crippen molar-refractivity contribution in [2.45, 2.75) is 20.1 Å². The Bertz CT molecular complexity index is 108. The molecule has 0 spiro atoms. The van der Waals surface area contributed by atoms with Crippen molar-refractivity contribution in [3.63, 3.8) is 0 Å². The monoisotopic (exact) mass is 242 g/mol. The highest BCUT2D eigenvalue weighted by molar-refractivity contribution is 5.62. The number of hydrogen-bond donors (Lipinski definition) is 6. The number of nitrogens with two attached hydrogens (primary N) is 3. The quantitative estimate of drug-likeness (QED) is 0.224. The van der Waals surface area contributed by atoms with Gasteiger partial charge in [-0.05, 0) is 21.0 Å². The first-order valence-corrected chi connectivity index (χ1v) is 4.22. The first-order chi connectivity index (χ1) is 7.42.